The van der Waals surface area contributed by atoms with Crippen molar-refractivity contribution < 1.29 is 114 Å². The van der Waals surface area contributed by atoms with Crippen molar-refractivity contribution in [1.29, 1.82) is 0 Å². The molecule has 6 saturated heterocycles. The SMILES string of the molecule is CC1(C)S[C@@H]2[C@H](NC(=O)[C@H](N)c3ccc(O)cc3)C(=O)N2[C@H]1C(=O)O.NCC[C@H](O)C(=O)N[C@@H]1C[C@H](N)[C@@H](O[C@H]2O[C@H](CN)[C@@H](O)[C@H](O)[C@H]2O)[C@H](O)[C@H]1O[C@H]1O[C@H](CO)[C@@H](O)[C@H](N)[C@H]1O.O=C(O)[C@H]1/C(=C/CO)O[C@@H]2CC(=O)N21. The predicted molar refractivity (Wildman–Crippen MR) is 265 cm³/mol. The number of hydrogen-bond donors (Lipinski definition) is 19. The summed E-state index contributed by atoms with van der Waals surface area (Å²) in [5, 5.41) is 123. The molecule has 6 heterocycles. The van der Waals surface area contributed by atoms with Gasteiger partial charge < -0.3 is 129 Å². The maximum atomic E-state index is 12.6. The predicted octanol–water partition coefficient (Wildman–Crippen LogP) is -9.50. The molecule has 0 radical (unpaired) electrons. The van der Waals surface area contributed by atoms with Gasteiger partial charge >= 0.3 is 11.9 Å². The number of aliphatic hydroxyl groups excluding tert-OH is 9. The number of aromatic hydroxyl groups is 1. The number of nitrogens with one attached hydrogen (secondary N) is 2. The fourth-order valence-electron chi connectivity index (χ4n) is 9.95. The van der Waals surface area contributed by atoms with Crippen molar-refractivity contribution in [2.75, 3.05) is 26.3 Å². The number of carbonyl (C=O) groups excluding carboxylic acids is 4. The number of ether oxygens (including phenoxy) is 5. The first-order valence-electron chi connectivity index (χ1n) is 24.9. The molecule has 24 N–H and O–H groups in total. The molecule has 1 aromatic carbocycles. The van der Waals surface area contributed by atoms with E-state index in [2.05, 4.69) is 10.6 Å². The molecule has 0 unspecified atom stereocenters. The van der Waals surface area contributed by atoms with Crippen molar-refractivity contribution in [3.63, 3.8) is 0 Å². The van der Waals surface area contributed by atoms with Crippen LogP contribution in [0.4, 0.5) is 0 Å². The maximum Gasteiger partial charge on any atom is 0.334 e. The number of benzene rings is 1. The lowest BCUT2D eigenvalue weighted by Crippen LogP contribution is -2.71. The van der Waals surface area contributed by atoms with Gasteiger partial charge in [-0.15, -0.1) is 11.8 Å². The van der Waals surface area contributed by atoms with E-state index in [0.717, 1.165) is 0 Å². The Labute approximate surface area is 454 Å². The van der Waals surface area contributed by atoms with Crippen molar-refractivity contribution in [1.82, 2.24) is 20.4 Å². The maximum absolute atomic E-state index is 12.6. The van der Waals surface area contributed by atoms with Gasteiger partial charge in [0.2, 0.25) is 23.6 Å². The number of nitrogens with two attached hydrogens (primary N) is 5. The zero-order chi connectivity index (χ0) is 58.7. The number of thioether (sulfide) groups is 1. The molecule has 1 saturated carbocycles. The summed E-state index contributed by atoms with van der Waals surface area (Å²) in [6.45, 7) is 2.34. The lowest BCUT2D eigenvalue weighted by atomic mass is 9.83. The number of nitrogens with zero attached hydrogens (tertiary/aromatic N) is 2. The molecule has 0 aromatic heterocycles. The molecular formula is C46H71N9O23S. The molecule has 33 heteroatoms. The minimum Gasteiger partial charge on any atom is -0.508 e. The van der Waals surface area contributed by atoms with Crippen LogP contribution in [0.1, 0.15) is 44.7 Å². The summed E-state index contributed by atoms with van der Waals surface area (Å²) in [5.41, 5.74) is 29.5. The lowest BCUT2D eigenvalue weighted by Gasteiger charge is -2.49. The average molecular weight is 1150 g/mol. The number of aliphatic hydroxyl groups is 9. The van der Waals surface area contributed by atoms with E-state index in [4.69, 9.17) is 62.6 Å². The van der Waals surface area contributed by atoms with Gasteiger partial charge in [-0.1, -0.05) is 12.1 Å². The van der Waals surface area contributed by atoms with E-state index >= 15 is 0 Å². The number of carboxylic acids is 2. The molecule has 7 fully saturated rings. The number of amides is 4. The number of phenols is 1. The first kappa shape index (κ1) is 63.2. The van der Waals surface area contributed by atoms with E-state index in [9.17, 15) is 79.8 Å². The first-order valence-corrected chi connectivity index (χ1v) is 25.8. The van der Waals surface area contributed by atoms with Crippen LogP contribution in [0.5, 0.6) is 5.75 Å². The van der Waals surface area contributed by atoms with E-state index in [1.54, 1.807) is 13.8 Å². The van der Waals surface area contributed by atoms with Crippen LogP contribution in [0.15, 0.2) is 36.1 Å². The van der Waals surface area contributed by atoms with Gasteiger partial charge in [0.1, 0.15) is 102 Å². The third-order valence-corrected chi connectivity index (χ3v) is 15.9. The van der Waals surface area contributed by atoms with Crippen molar-refractivity contribution >= 4 is 47.3 Å². The zero-order valence-electron chi connectivity index (χ0n) is 42.6. The lowest BCUT2D eigenvalue weighted by molar-refractivity contribution is -0.332. The summed E-state index contributed by atoms with van der Waals surface area (Å²) in [4.78, 5) is 73.1. The standard InChI is InChI=1S/C22H43N5O13.C16H19N3O5S.C8H9NO5/c23-2-1-8(29)20(36)27-7-3-6(25)18(39-22-16(34)15(33)13(31)9(4-24)37-22)17(35)19(7)40-21-14(32)11(26)12(30)10(5-28)38-21;1-16(2)11(15(23)24)19-13(22)10(14(19)25-16)18-12(21)9(17)7-3-5-8(20)6-4-7;10-2-1-4-7(8(12)13)9-5(11)3-6(9)14-4/h6-19,21-22,28-35H,1-5,23-26H2,(H,27,36);3-6,9-11,14,20H,17H2,1-2H3,(H,18,21)(H,23,24);1,6-7,10H,2-3H2,(H,12,13)/b;;4-1-/t6-,7+,8-,9+,10+,11-,12+,13+,14+,15-,16+,17-,18+,19-,21+,22+;9-,10-,11+,14-;6-,7-/m011/s1. The number of hydrogen-bond acceptors (Lipinski definition) is 27. The minimum atomic E-state index is -1.76. The highest BCUT2D eigenvalue weighted by molar-refractivity contribution is 8.01. The number of β-lactam (4-membered cyclic amide) rings is 2. The Morgan fingerprint density at radius 2 is 1.46 bits per heavy atom. The van der Waals surface area contributed by atoms with Crippen LogP contribution in [-0.4, -0.2) is 265 Å². The number of carbonyl (C=O) groups is 6. The Morgan fingerprint density at radius 1 is 0.835 bits per heavy atom. The summed E-state index contributed by atoms with van der Waals surface area (Å²) >= 11 is 1.35. The molecule has 22 atom stereocenters. The van der Waals surface area contributed by atoms with Crippen LogP contribution in [0.3, 0.4) is 0 Å². The van der Waals surface area contributed by atoms with Gasteiger partial charge in [0.05, 0.1) is 31.7 Å². The van der Waals surface area contributed by atoms with E-state index in [0.29, 0.717) is 5.56 Å². The molecule has 6 aliphatic heterocycles. The number of fused-ring (bicyclic) bond motifs is 2. The van der Waals surface area contributed by atoms with Gasteiger partial charge in [0, 0.05) is 17.3 Å². The van der Waals surface area contributed by atoms with Crippen LogP contribution >= 0.6 is 11.8 Å². The average Bonchev–Trinajstić information content (AvgIpc) is 4.09. The highest BCUT2D eigenvalue weighted by Crippen LogP contribution is 2.51. The smallest absolute Gasteiger partial charge is 0.334 e. The van der Waals surface area contributed by atoms with Gasteiger partial charge in [-0.2, -0.15) is 0 Å². The van der Waals surface area contributed by atoms with Gasteiger partial charge in [-0.25, -0.2) is 9.59 Å². The van der Waals surface area contributed by atoms with Crippen LogP contribution < -0.4 is 39.3 Å². The third-order valence-electron chi connectivity index (χ3n) is 14.3. The number of carboxylic acid groups (broad SMARTS) is 2. The second-order valence-corrected chi connectivity index (χ2v) is 21.9. The summed E-state index contributed by atoms with van der Waals surface area (Å²) in [6, 6.07) is -1.31. The Balaban J connectivity index is 0.000000217. The second-order valence-electron chi connectivity index (χ2n) is 20.1. The Morgan fingerprint density at radius 3 is 2.03 bits per heavy atom. The van der Waals surface area contributed by atoms with Gasteiger partial charge in [0.15, 0.2) is 24.8 Å². The van der Waals surface area contributed by atoms with Crippen molar-refractivity contribution in [3.8, 4) is 5.75 Å². The summed E-state index contributed by atoms with van der Waals surface area (Å²) in [7, 11) is 0. The van der Waals surface area contributed by atoms with E-state index in [1.807, 2.05) is 0 Å². The van der Waals surface area contributed by atoms with Gasteiger partial charge in [-0.3, -0.25) is 24.1 Å². The van der Waals surface area contributed by atoms with Crippen LogP contribution in [0, 0.1) is 0 Å². The molecule has 79 heavy (non-hydrogen) atoms. The molecule has 7 aliphatic rings. The highest BCUT2D eigenvalue weighted by Gasteiger charge is 2.64. The number of phenolic OH excluding ortho intramolecular Hbond substituents is 1. The fraction of sp³-hybridized carbons (Fsp3) is 0.696. The highest BCUT2D eigenvalue weighted by atomic mass is 32.2. The summed E-state index contributed by atoms with van der Waals surface area (Å²) in [6.07, 6.45) is -18.8. The number of aliphatic carboxylic acids is 2. The van der Waals surface area contributed by atoms with Crippen molar-refractivity contribution in [2.45, 2.75) is 171 Å². The second kappa shape index (κ2) is 26.3. The Kier molecular flexibility index (Phi) is 21.0. The van der Waals surface area contributed by atoms with Crippen LogP contribution in [0.25, 0.3) is 0 Å². The largest absolute Gasteiger partial charge is 0.508 e. The molecular weight excluding hydrogens is 1080 g/mol. The molecule has 0 spiro atoms. The fourth-order valence-corrected chi connectivity index (χ4v) is 11.6. The third kappa shape index (κ3) is 13.4. The summed E-state index contributed by atoms with van der Waals surface area (Å²) < 4.78 is 27.0. The van der Waals surface area contributed by atoms with Gasteiger partial charge in [-0.05, 0) is 57.0 Å². The minimum absolute atomic E-state index is 0.0101. The summed E-state index contributed by atoms with van der Waals surface area (Å²) in [5.74, 6) is -4.01. The molecule has 444 valence electrons. The molecule has 32 nitrogen and oxygen atoms in total. The van der Waals surface area contributed by atoms with Crippen molar-refractivity contribution in [3.05, 3.63) is 41.7 Å². The molecule has 4 amide bonds. The molecule has 1 aromatic rings. The Hall–Kier alpha value is -4.99. The monoisotopic (exact) mass is 1150 g/mol. The topological polar surface area (TPSA) is 552 Å². The van der Waals surface area contributed by atoms with E-state index < -0.39 is 175 Å². The van der Waals surface area contributed by atoms with Crippen LogP contribution in [-0.2, 0) is 52.5 Å². The normalized spacial score (nSPS) is 38.5. The van der Waals surface area contributed by atoms with Crippen LogP contribution in [0.2, 0.25) is 0 Å². The zero-order valence-corrected chi connectivity index (χ0v) is 43.4. The van der Waals surface area contributed by atoms with Gasteiger partial charge in [0.25, 0.3) is 0 Å². The van der Waals surface area contributed by atoms with Crippen molar-refractivity contribution in [2.24, 2.45) is 28.7 Å². The van der Waals surface area contributed by atoms with E-state index in [1.165, 1.54) is 51.9 Å². The quantitative estimate of drug-likeness (QED) is 0.0684. The van der Waals surface area contributed by atoms with E-state index in [-0.39, 0.29) is 56.4 Å². The molecule has 8 rings (SSSR count). The Bertz CT molecular complexity index is 2360. The molecule has 1 aliphatic carbocycles. The number of rotatable bonds is 16. The first-order chi connectivity index (χ1) is 37.1. The molecule has 0 bridgehead atoms.